The summed E-state index contributed by atoms with van der Waals surface area (Å²) in [5.74, 6) is 1.65. The van der Waals surface area contributed by atoms with E-state index in [4.69, 9.17) is 4.74 Å². The quantitative estimate of drug-likeness (QED) is 0.116. The van der Waals surface area contributed by atoms with Crippen molar-refractivity contribution in [2.45, 2.75) is 64.6 Å². The molecule has 2 aliphatic rings. The minimum atomic E-state index is -0.0878. The Bertz CT molecular complexity index is 1940. The molecule has 0 spiro atoms. The number of amides is 2. The molecule has 2 aliphatic heterocycles. The number of nitrogens with zero attached hydrogens (tertiary/aromatic N) is 4. The van der Waals surface area contributed by atoms with Crippen molar-refractivity contribution in [3.63, 3.8) is 0 Å². The monoisotopic (exact) mass is 741 g/mol. The van der Waals surface area contributed by atoms with Crippen LogP contribution in [-0.4, -0.2) is 64.0 Å². The van der Waals surface area contributed by atoms with Gasteiger partial charge < -0.3 is 19.9 Å². The summed E-state index contributed by atoms with van der Waals surface area (Å²) < 4.78 is 9.91. The molecule has 1 aromatic heterocycles. The molecule has 7 rings (SSSR count). The molecule has 0 aliphatic carbocycles. The van der Waals surface area contributed by atoms with E-state index in [1.165, 1.54) is 56.7 Å². The third-order valence-electron chi connectivity index (χ3n) is 11.0. The zero-order valence-corrected chi connectivity index (χ0v) is 31.9. The molecule has 1 N–H and O–H groups in total. The Morgan fingerprint density at radius 3 is 2.07 bits per heavy atom. The van der Waals surface area contributed by atoms with E-state index >= 15 is 0 Å². The van der Waals surface area contributed by atoms with Gasteiger partial charge in [-0.05, 0) is 114 Å². The number of likely N-dealkylation sites (tertiary alicyclic amines) is 1. The van der Waals surface area contributed by atoms with Crippen LogP contribution < -0.4 is 5.32 Å². The maximum absolute atomic E-state index is 13.8. The fourth-order valence-corrected chi connectivity index (χ4v) is 8.33. The van der Waals surface area contributed by atoms with Crippen LogP contribution in [-0.2, 0) is 29.2 Å². The second-order valence-corrected chi connectivity index (χ2v) is 15.5. The molecule has 3 heterocycles. The molecule has 0 saturated carbocycles. The Morgan fingerprint density at radius 2 is 1.37 bits per heavy atom. The second-order valence-electron chi connectivity index (χ2n) is 14.9. The number of piperidine rings is 2. The lowest BCUT2D eigenvalue weighted by Crippen LogP contribution is -2.38. The fraction of sp³-hybridized carbons (Fsp3) is 0.378. The lowest BCUT2D eigenvalue weighted by atomic mass is 9.87. The van der Waals surface area contributed by atoms with Gasteiger partial charge in [0.05, 0.1) is 6.61 Å². The Hall–Kier alpha value is -4.70. The van der Waals surface area contributed by atoms with Crippen molar-refractivity contribution in [2.75, 3.05) is 32.8 Å². The van der Waals surface area contributed by atoms with Crippen molar-refractivity contribution >= 4 is 23.3 Å². The van der Waals surface area contributed by atoms with Crippen LogP contribution in [0, 0.1) is 11.8 Å². The number of aromatic nitrogens is 2. The summed E-state index contributed by atoms with van der Waals surface area (Å²) in [6.07, 6.45) is 8.79. The molecule has 2 saturated heterocycles. The summed E-state index contributed by atoms with van der Waals surface area (Å²) in [5, 5.41) is 9.63. The molecule has 0 atom stereocenters. The van der Waals surface area contributed by atoms with E-state index < -0.39 is 0 Å². The topological polar surface area (TPSA) is 87.7 Å². The first-order valence-electron chi connectivity index (χ1n) is 19.5. The van der Waals surface area contributed by atoms with Gasteiger partial charge in [0.1, 0.15) is 12.3 Å². The Kier molecular flexibility index (Phi) is 13.3. The van der Waals surface area contributed by atoms with Crippen molar-refractivity contribution < 1.29 is 14.3 Å². The number of carbonyl (C=O) groups is 2. The molecule has 280 valence electrons. The van der Waals surface area contributed by atoms with Gasteiger partial charge in [0, 0.05) is 42.7 Å². The average molecular weight is 742 g/mol. The first kappa shape index (κ1) is 37.6. The predicted octanol–water partition coefficient (Wildman–Crippen LogP) is 8.64. The molecule has 5 aromatic rings. The van der Waals surface area contributed by atoms with Crippen LogP contribution in [0.25, 0.3) is 22.4 Å². The zero-order chi connectivity index (χ0) is 37.0. The molecule has 4 aromatic carbocycles. The molecular formula is C45H51N5O3S. The molecule has 2 fully saturated rings. The summed E-state index contributed by atoms with van der Waals surface area (Å²) >= 11 is 1.32. The van der Waals surface area contributed by atoms with E-state index in [0.29, 0.717) is 19.7 Å². The number of benzene rings is 4. The van der Waals surface area contributed by atoms with Crippen LogP contribution in [0.3, 0.4) is 0 Å². The van der Waals surface area contributed by atoms with Crippen molar-refractivity contribution in [2.24, 2.45) is 11.8 Å². The molecular weight excluding hydrogens is 691 g/mol. The normalized spacial score (nSPS) is 15.3. The highest BCUT2D eigenvalue weighted by atomic mass is 32.1. The highest BCUT2D eigenvalue weighted by molar-refractivity contribution is 7.03. The lowest BCUT2D eigenvalue weighted by Gasteiger charge is -2.32. The Labute approximate surface area is 323 Å². The highest BCUT2D eigenvalue weighted by Gasteiger charge is 2.24. The first-order valence-corrected chi connectivity index (χ1v) is 20.4. The van der Waals surface area contributed by atoms with Gasteiger partial charge in [0.25, 0.3) is 5.91 Å². The van der Waals surface area contributed by atoms with Crippen LogP contribution >= 0.6 is 11.5 Å². The van der Waals surface area contributed by atoms with Crippen molar-refractivity contribution in [1.82, 2.24) is 24.7 Å². The smallest absolute Gasteiger partial charge is 0.253 e. The van der Waals surface area contributed by atoms with Gasteiger partial charge in [0.15, 0.2) is 0 Å². The van der Waals surface area contributed by atoms with E-state index in [-0.39, 0.29) is 18.4 Å². The number of rotatable bonds is 15. The summed E-state index contributed by atoms with van der Waals surface area (Å²) in [6, 6.07) is 34.3. The van der Waals surface area contributed by atoms with Gasteiger partial charge in [-0.15, -0.1) is 5.10 Å². The standard InChI is InChI=1S/C45H51N5O3S/c51-44(32-53-31-36-8-2-1-3-9-36)50(30-38-13-6-16-41(27-38)43-33-54-48-47-43)29-37-12-5-14-39(26-37)40-15-7-17-42(28-40)45(52)49-24-20-35(21-25-49)11-4-10-34-18-22-46-23-19-34/h1-3,5-9,12-17,26-28,33-35,46H,4,10-11,18-25,29-32H2. The number of ether oxygens (including phenoxy) is 1. The van der Waals surface area contributed by atoms with Crippen LogP contribution in [0.5, 0.6) is 0 Å². The average Bonchev–Trinajstić information content (AvgIpc) is 3.77. The third-order valence-corrected chi connectivity index (χ3v) is 11.5. The van der Waals surface area contributed by atoms with Crippen molar-refractivity contribution in [3.8, 4) is 22.4 Å². The van der Waals surface area contributed by atoms with Gasteiger partial charge >= 0.3 is 0 Å². The third kappa shape index (κ3) is 10.5. The minimum Gasteiger partial charge on any atom is -0.367 e. The summed E-state index contributed by atoms with van der Waals surface area (Å²) in [4.78, 5) is 31.3. The van der Waals surface area contributed by atoms with Gasteiger partial charge in [-0.25, -0.2) is 0 Å². The molecule has 0 bridgehead atoms. The molecule has 0 unspecified atom stereocenters. The highest BCUT2D eigenvalue weighted by Crippen LogP contribution is 2.28. The summed E-state index contributed by atoms with van der Waals surface area (Å²) in [7, 11) is 0. The fourth-order valence-electron chi connectivity index (χ4n) is 7.87. The van der Waals surface area contributed by atoms with Crippen molar-refractivity contribution in [3.05, 3.63) is 131 Å². The molecule has 2 amide bonds. The SMILES string of the molecule is O=C(COCc1ccccc1)N(Cc1cccc(-c2cccc(C(=O)N3CCC(CCCC4CCNCC4)CC3)c2)c1)Cc1cccc(-c2csnn2)c1. The van der Waals surface area contributed by atoms with Crippen LogP contribution in [0.15, 0.2) is 109 Å². The largest absolute Gasteiger partial charge is 0.367 e. The number of carbonyl (C=O) groups excluding carboxylic acids is 2. The van der Waals surface area contributed by atoms with Gasteiger partial charge in [0.2, 0.25) is 5.91 Å². The molecule has 54 heavy (non-hydrogen) atoms. The minimum absolute atomic E-state index is 0.0237. The summed E-state index contributed by atoms with van der Waals surface area (Å²) in [5.41, 5.74) is 7.55. The molecule has 9 heteroatoms. The van der Waals surface area contributed by atoms with Gasteiger partial charge in [-0.3, -0.25) is 9.59 Å². The maximum Gasteiger partial charge on any atom is 0.253 e. The van der Waals surface area contributed by atoms with E-state index in [0.717, 1.165) is 82.4 Å². The zero-order valence-electron chi connectivity index (χ0n) is 31.1. The van der Waals surface area contributed by atoms with E-state index in [2.05, 4.69) is 45.2 Å². The maximum atomic E-state index is 13.8. The predicted molar refractivity (Wildman–Crippen MR) is 216 cm³/mol. The molecule has 8 nitrogen and oxygen atoms in total. The number of hydrogen-bond acceptors (Lipinski definition) is 7. The van der Waals surface area contributed by atoms with Crippen LogP contribution in [0.4, 0.5) is 0 Å². The van der Waals surface area contributed by atoms with Gasteiger partial charge in [-0.2, -0.15) is 0 Å². The van der Waals surface area contributed by atoms with Crippen LogP contribution in [0.1, 0.15) is 72.0 Å². The number of hydrogen-bond donors (Lipinski definition) is 1. The van der Waals surface area contributed by atoms with Crippen LogP contribution in [0.2, 0.25) is 0 Å². The second kappa shape index (κ2) is 19.1. The summed E-state index contributed by atoms with van der Waals surface area (Å²) in [6.45, 7) is 5.19. The first-order chi connectivity index (χ1) is 26.6. The van der Waals surface area contributed by atoms with Crippen molar-refractivity contribution in [1.29, 1.82) is 0 Å². The van der Waals surface area contributed by atoms with Gasteiger partial charge in [-0.1, -0.05) is 103 Å². The molecule has 0 radical (unpaired) electrons. The number of nitrogens with one attached hydrogen (secondary N) is 1. The lowest BCUT2D eigenvalue weighted by molar-refractivity contribution is -0.137. The van der Waals surface area contributed by atoms with E-state index in [1.54, 1.807) is 0 Å². The Morgan fingerprint density at radius 1 is 0.741 bits per heavy atom. The Balaban J connectivity index is 0.994. The van der Waals surface area contributed by atoms with E-state index in [1.807, 2.05) is 88.0 Å². The van der Waals surface area contributed by atoms with E-state index in [9.17, 15) is 9.59 Å².